The molecule has 1 N–H and O–H groups in total. The van der Waals surface area contributed by atoms with E-state index in [0.717, 1.165) is 10.2 Å². The molecule has 4 nitrogen and oxygen atoms in total. The van der Waals surface area contributed by atoms with Gasteiger partial charge in [-0.1, -0.05) is 11.6 Å². The molecule has 0 aliphatic carbocycles. The molecule has 1 aromatic carbocycles. The molecular weight excluding hydrogens is 284 g/mol. The van der Waals surface area contributed by atoms with Crippen molar-refractivity contribution in [2.24, 2.45) is 0 Å². The number of thiazole rings is 1. The van der Waals surface area contributed by atoms with Crippen LogP contribution in [0.25, 0.3) is 20.9 Å². The van der Waals surface area contributed by atoms with Gasteiger partial charge in [0.2, 0.25) is 0 Å². The highest BCUT2D eigenvalue weighted by atomic mass is 35.5. The number of fused-ring (bicyclic) bond motifs is 1. The Morgan fingerprint density at radius 1 is 1.32 bits per heavy atom. The maximum Gasteiger partial charge on any atom is 0.338 e. The van der Waals surface area contributed by atoms with Gasteiger partial charge in [-0.3, -0.25) is 4.98 Å². The maximum absolute atomic E-state index is 11.2. The number of carboxylic acid groups (broad SMARTS) is 1. The summed E-state index contributed by atoms with van der Waals surface area (Å²) in [6, 6.07) is 8.51. The van der Waals surface area contributed by atoms with Gasteiger partial charge in [0.05, 0.1) is 15.8 Å². The summed E-state index contributed by atoms with van der Waals surface area (Å²) in [7, 11) is 0. The zero-order chi connectivity index (χ0) is 13.4. The third kappa shape index (κ3) is 2.18. The Bertz CT molecular complexity index is 785. The topological polar surface area (TPSA) is 63.1 Å². The van der Waals surface area contributed by atoms with Crippen molar-refractivity contribution in [1.82, 2.24) is 9.97 Å². The minimum absolute atomic E-state index is 0.146. The summed E-state index contributed by atoms with van der Waals surface area (Å²) >= 11 is 7.31. The molecule has 2 aromatic heterocycles. The number of aromatic nitrogens is 2. The van der Waals surface area contributed by atoms with Crippen molar-refractivity contribution >= 4 is 39.1 Å². The van der Waals surface area contributed by atoms with Crippen LogP contribution in [0.3, 0.4) is 0 Å². The second kappa shape index (κ2) is 4.60. The number of carbonyl (C=O) groups is 1. The van der Waals surface area contributed by atoms with Crippen molar-refractivity contribution in [2.45, 2.75) is 0 Å². The van der Waals surface area contributed by atoms with Crippen LogP contribution in [0.5, 0.6) is 0 Å². The molecule has 0 aliphatic heterocycles. The Balaban J connectivity index is 2.22. The fraction of sp³-hybridized carbons (Fsp3) is 0. The van der Waals surface area contributed by atoms with Crippen molar-refractivity contribution in [3.8, 4) is 10.7 Å². The summed E-state index contributed by atoms with van der Waals surface area (Å²) in [6.45, 7) is 0. The minimum Gasteiger partial charge on any atom is -0.478 e. The number of nitrogens with zero attached hydrogens (tertiary/aromatic N) is 2. The fourth-order valence-corrected chi connectivity index (χ4v) is 2.87. The first-order chi connectivity index (χ1) is 9.15. The van der Waals surface area contributed by atoms with Gasteiger partial charge in [0.15, 0.2) is 0 Å². The molecule has 0 fully saturated rings. The smallest absolute Gasteiger partial charge is 0.338 e. The molecule has 19 heavy (non-hydrogen) atoms. The number of rotatable bonds is 2. The second-order valence-electron chi connectivity index (χ2n) is 3.84. The SMILES string of the molecule is O=C(O)c1cccnc1-c1nc2cc(Cl)ccc2s1. The van der Waals surface area contributed by atoms with Gasteiger partial charge in [-0.15, -0.1) is 11.3 Å². The van der Waals surface area contributed by atoms with Crippen molar-refractivity contribution in [2.75, 3.05) is 0 Å². The van der Waals surface area contributed by atoms with Gasteiger partial charge < -0.3 is 5.11 Å². The summed E-state index contributed by atoms with van der Waals surface area (Å²) in [5.74, 6) is -1.01. The molecule has 0 spiro atoms. The van der Waals surface area contributed by atoms with Crippen LogP contribution >= 0.6 is 22.9 Å². The Morgan fingerprint density at radius 2 is 2.16 bits per heavy atom. The zero-order valence-corrected chi connectivity index (χ0v) is 11.1. The Kier molecular flexibility index (Phi) is 2.93. The average Bonchev–Trinajstić information content (AvgIpc) is 2.81. The molecule has 0 saturated heterocycles. The van der Waals surface area contributed by atoms with Crippen LogP contribution in [0, 0.1) is 0 Å². The normalized spacial score (nSPS) is 10.8. The third-order valence-electron chi connectivity index (χ3n) is 2.59. The molecule has 0 unspecified atom stereocenters. The van der Waals surface area contributed by atoms with Crippen molar-refractivity contribution < 1.29 is 9.90 Å². The first kappa shape index (κ1) is 12.1. The van der Waals surface area contributed by atoms with Gasteiger partial charge >= 0.3 is 5.97 Å². The summed E-state index contributed by atoms with van der Waals surface area (Å²) in [6.07, 6.45) is 1.56. The summed E-state index contributed by atoms with van der Waals surface area (Å²) < 4.78 is 0.946. The molecule has 0 amide bonds. The van der Waals surface area contributed by atoms with E-state index in [4.69, 9.17) is 16.7 Å². The van der Waals surface area contributed by atoms with E-state index < -0.39 is 5.97 Å². The highest BCUT2D eigenvalue weighted by Gasteiger charge is 2.16. The first-order valence-corrected chi connectivity index (χ1v) is 6.59. The predicted molar refractivity (Wildman–Crippen MR) is 74.8 cm³/mol. The van der Waals surface area contributed by atoms with Crippen molar-refractivity contribution in [3.63, 3.8) is 0 Å². The van der Waals surface area contributed by atoms with Crippen molar-refractivity contribution in [3.05, 3.63) is 47.1 Å². The van der Waals surface area contributed by atoms with Crippen LogP contribution in [0.15, 0.2) is 36.5 Å². The lowest BCUT2D eigenvalue weighted by atomic mass is 10.2. The number of hydrogen-bond acceptors (Lipinski definition) is 4. The molecular formula is C13H7ClN2O2S. The molecule has 6 heteroatoms. The Morgan fingerprint density at radius 3 is 2.95 bits per heavy atom. The summed E-state index contributed by atoms with van der Waals surface area (Å²) in [5.41, 5.74) is 1.27. The molecule has 94 valence electrons. The van der Waals surface area contributed by atoms with Gasteiger partial charge in [0.25, 0.3) is 0 Å². The molecule has 2 heterocycles. The lowest BCUT2D eigenvalue weighted by Gasteiger charge is -1.99. The van der Waals surface area contributed by atoms with Crippen LogP contribution in [-0.2, 0) is 0 Å². The second-order valence-corrected chi connectivity index (χ2v) is 5.30. The molecule has 0 atom stereocenters. The largest absolute Gasteiger partial charge is 0.478 e. The molecule has 0 radical (unpaired) electrons. The lowest BCUT2D eigenvalue weighted by molar-refractivity contribution is 0.0697. The molecule has 0 aliphatic rings. The van der Waals surface area contributed by atoms with E-state index in [-0.39, 0.29) is 5.56 Å². The van der Waals surface area contributed by atoms with Gasteiger partial charge in [-0.2, -0.15) is 0 Å². The first-order valence-electron chi connectivity index (χ1n) is 5.40. The number of halogens is 1. The van der Waals surface area contributed by atoms with Gasteiger partial charge in [-0.25, -0.2) is 9.78 Å². The number of benzene rings is 1. The number of carboxylic acids is 1. The van der Waals surface area contributed by atoms with E-state index in [9.17, 15) is 4.79 Å². The van der Waals surface area contributed by atoms with E-state index in [2.05, 4.69) is 9.97 Å². The predicted octanol–water partition coefficient (Wildman–Crippen LogP) is 3.71. The quantitative estimate of drug-likeness (QED) is 0.781. The fourth-order valence-electron chi connectivity index (χ4n) is 1.75. The van der Waals surface area contributed by atoms with Gasteiger partial charge in [0, 0.05) is 11.2 Å². The third-order valence-corrected chi connectivity index (χ3v) is 3.87. The van der Waals surface area contributed by atoms with E-state index in [1.807, 2.05) is 6.07 Å². The zero-order valence-electron chi connectivity index (χ0n) is 9.50. The minimum atomic E-state index is -1.01. The molecule has 3 rings (SSSR count). The van der Waals surface area contributed by atoms with Crippen LogP contribution in [0.4, 0.5) is 0 Å². The monoisotopic (exact) mass is 290 g/mol. The number of pyridine rings is 1. The highest BCUT2D eigenvalue weighted by molar-refractivity contribution is 7.21. The lowest BCUT2D eigenvalue weighted by Crippen LogP contribution is -2.00. The van der Waals surface area contributed by atoms with E-state index in [1.165, 1.54) is 17.4 Å². The summed E-state index contributed by atoms with van der Waals surface area (Å²) in [5, 5.41) is 10.3. The van der Waals surface area contributed by atoms with Crippen LogP contribution in [-0.4, -0.2) is 21.0 Å². The maximum atomic E-state index is 11.2. The molecule has 0 bridgehead atoms. The summed E-state index contributed by atoms with van der Waals surface area (Å²) in [4.78, 5) is 19.7. The Hall–Kier alpha value is -1.98. The van der Waals surface area contributed by atoms with Crippen LogP contribution in [0.1, 0.15) is 10.4 Å². The van der Waals surface area contributed by atoms with Gasteiger partial charge in [-0.05, 0) is 30.3 Å². The Labute approximate surface area is 117 Å². The van der Waals surface area contributed by atoms with E-state index >= 15 is 0 Å². The van der Waals surface area contributed by atoms with Crippen LogP contribution < -0.4 is 0 Å². The van der Waals surface area contributed by atoms with E-state index in [0.29, 0.717) is 15.7 Å². The average molecular weight is 291 g/mol. The van der Waals surface area contributed by atoms with Crippen molar-refractivity contribution in [1.29, 1.82) is 0 Å². The number of hydrogen-bond donors (Lipinski definition) is 1. The highest BCUT2D eigenvalue weighted by Crippen LogP contribution is 2.32. The molecule has 0 saturated carbocycles. The number of aromatic carboxylic acids is 1. The van der Waals surface area contributed by atoms with Gasteiger partial charge in [0.1, 0.15) is 10.7 Å². The van der Waals surface area contributed by atoms with E-state index in [1.54, 1.807) is 24.4 Å². The molecule has 3 aromatic rings. The standard InChI is InChI=1S/C13H7ClN2O2S/c14-7-3-4-10-9(6-7)16-12(19-10)11-8(13(17)18)2-1-5-15-11/h1-6H,(H,17,18). The van der Waals surface area contributed by atoms with Crippen LogP contribution in [0.2, 0.25) is 5.02 Å².